The molecule has 0 atom stereocenters. The first-order valence-corrected chi connectivity index (χ1v) is 9.07. The van der Waals surface area contributed by atoms with Crippen LogP contribution < -0.4 is 0 Å². The third-order valence-corrected chi connectivity index (χ3v) is 5.60. The van der Waals surface area contributed by atoms with Crippen molar-refractivity contribution in [2.24, 2.45) is 0 Å². The number of fused-ring (bicyclic) bond motifs is 1. The molecule has 1 N–H and O–H groups in total. The van der Waals surface area contributed by atoms with Crippen LogP contribution in [0.2, 0.25) is 0 Å². The minimum atomic E-state index is -3.87. The highest BCUT2D eigenvalue weighted by atomic mass is 32.2. The average Bonchev–Trinajstić information content (AvgIpc) is 2.98. The summed E-state index contributed by atoms with van der Waals surface area (Å²) in [5.74, 6) is -1.14. The third kappa shape index (κ3) is 2.59. The maximum atomic E-state index is 13.0. The Bertz CT molecular complexity index is 1000. The van der Waals surface area contributed by atoms with E-state index in [0.29, 0.717) is 17.3 Å². The predicted octanol–water partition coefficient (Wildman–Crippen LogP) is 3.53. The van der Waals surface area contributed by atoms with E-state index in [0.717, 1.165) is 16.0 Å². The molecule has 0 aliphatic rings. The molecule has 1 heterocycles. The molecule has 0 bridgehead atoms. The number of carboxylic acid groups (broad SMARTS) is 1. The number of aromatic nitrogens is 1. The predicted molar refractivity (Wildman–Crippen MR) is 91.9 cm³/mol. The van der Waals surface area contributed by atoms with Gasteiger partial charge in [-0.05, 0) is 24.1 Å². The lowest BCUT2D eigenvalue weighted by molar-refractivity contribution is 0.0699. The summed E-state index contributed by atoms with van der Waals surface area (Å²) in [5, 5.41) is 9.88. The minimum absolute atomic E-state index is 0.0116. The van der Waals surface area contributed by atoms with Crippen molar-refractivity contribution in [3.8, 4) is 0 Å². The van der Waals surface area contributed by atoms with Gasteiger partial charge < -0.3 is 5.11 Å². The molecule has 0 fully saturated rings. The molecule has 0 spiro atoms. The second-order valence-corrected chi connectivity index (χ2v) is 7.34. The number of aryl methyl sites for hydroxylation is 1. The summed E-state index contributed by atoms with van der Waals surface area (Å²) < 4.78 is 27.1. The van der Waals surface area contributed by atoms with Crippen LogP contribution in [-0.4, -0.2) is 23.5 Å². The maximum Gasteiger partial charge on any atom is 0.337 e. The second-order valence-electron chi connectivity index (χ2n) is 5.53. The fourth-order valence-electron chi connectivity index (χ4n) is 2.86. The summed E-state index contributed by atoms with van der Waals surface area (Å²) in [6.45, 7) is 2.00. The minimum Gasteiger partial charge on any atom is -0.478 e. The Morgan fingerprint density at radius 3 is 2.42 bits per heavy atom. The molecule has 0 amide bonds. The summed E-state index contributed by atoms with van der Waals surface area (Å²) in [6, 6.07) is 13.3. The van der Waals surface area contributed by atoms with Gasteiger partial charge in [-0.1, -0.05) is 49.7 Å². The van der Waals surface area contributed by atoms with Crippen LogP contribution in [0, 0.1) is 0 Å². The summed E-state index contributed by atoms with van der Waals surface area (Å²) in [5.41, 5.74) is 1.25. The largest absolute Gasteiger partial charge is 0.478 e. The van der Waals surface area contributed by atoms with Gasteiger partial charge in [-0.3, -0.25) is 0 Å². The molecule has 0 unspecified atom stereocenters. The van der Waals surface area contributed by atoms with Crippen LogP contribution in [0.3, 0.4) is 0 Å². The van der Waals surface area contributed by atoms with Gasteiger partial charge in [-0.25, -0.2) is 17.2 Å². The van der Waals surface area contributed by atoms with Gasteiger partial charge in [-0.15, -0.1) is 0 Å². The molecule has 0 saturated carbocycles. The third-order valence-electron chi connectivity index (χ3n) is 3.93. The SMILES string of the molecule is CCCc1cccc2c(C(=O)O)cn(S(=O)(=O)c3ccccc3)c12. The van der Waals surface area contributed by atoms with Gasteiger partial charge in [0.15, 0.2) is 0 Å². The Morgan fingerprint density at radius 1 is 1.08 bits per heavy atom. The van der Waals surface area contributed by atoms with Crippen molar-refractivity contribution in [2.45, 2.75) is 24.7 Å². The number of aromatic carboxylic acids is 1. The highest BCUT2D eigenvalue weighted by Crippen LogP contribution is 2.29. The molecule has 5 nitrogen and oxygen atoms in total. The molecule has 3 aromatic rings. The van der Waals surface area contributed by atoms with Crippen molar-refractivity contribution in [1.29, 1.82) is 0 Å². The van der Waals surface area contributed by atoms with Gasteiger partial charge in [0.2, 0.25) is 0 Å². The lowest BCUT2D eigenvalue weighted by atomic mass is 10.1. The number of hydrogen-bond donors (Lipinski definition) is 1. The van der Waals surface area contributed by atoms with Crippen molar-refractivity contribution in [2.75, 3.05) is 0 Å². The zero-order valence-electron chi connectivity index (χ0n) is 13.1. The molecule has 0 radical (unpaired) electrons. The van der Waals surface area contributed by atoms with E-state index in [-0.39, 0.29) is 10.5 Å². The van der Waals surface area contributed by atoms with E-state index >= 15 is 0 Å². The lowest BCUT2D eigenvalue weighted by Gasteiger charge is -2.10. The van der Waals surface area contributed by atoms with Crippen LogP contribution in [0.5, 0.6) is 0 Å². The van der Waals surface area contributed by atoms with E-state index in [1.54, 1.807) is 30.3 Å². The van der Waals surface area contributed by atoms with Crippen LogP contribution in [0.1, 0.15) is 29.3 Å². The molecule has 3 rings (SSSR count). The molecule has 0 aliphatic carbocycles. The number of carboxylic acids is 1. The number of para-hydroxylation sites is 1. The quantitative estimate of drug-likeness (QED) is 0.769. The monoisotopic (exact) mass is 343 g/mol. The van der Waals surface area contributed by atoms with Gasteiger partial charge >= 0.3 is 5.97 Å². The highest BCUT2D eigenvalue weighted by Gasteiger charge is 2.24. The van der Waals surface area contributed by atoms with Crippen molar-refractivity contribution in [1.82, 2.24) is 3.97 Å². The number of hydrogen-bond acceptors (Lipinski definition) is 3. The Morgan fingerprint density at radius 2 is 1.79 bits per heavy atom. The Hall–Kier alpha value is -2.60. The molecule has 0 saturated heterocycles. The molecule has 1 aromatic heterocycles. The smallest absolute Gasteiger partial charge is 0.337 e. The zero-order valence-corrected chi connectivity index (χ0v) is 14.0. The van der Waals surface area contributed by atoms with Gasteiger partial charge in [0, 0.05) is 11.6 Å². The number of benzene rings is 2. The molecule has 0 aliphatic heterocycles. The summed E-state index contributed by atoms with van der Waals surface area (Å²) >= 11 is 0. The van der Waals surface area contributed by atoms with E-state index < -0.39 is 16.0 Å². The first-order chi connectivity index (χ1) is 11.5. The van der Waals surface area contributed by atoms with E-state index in [1.807, 2.05) is 13.0 Å². The highest BCUT2D eigenvalue weighted by molar-refractivity contribution is 7.90. The molecular weight excluding hydrogens is 326 g/mol. The Kier molecular flexibility index (Phi) is 4.15. The van der Waals surface area contributed by atoms with Crippen molar-refractivity contribution < 1.29 is 18.3 Å². The Balaban J connectivity index is 2.38. The van der Waals surface area contributed by atoms with E-state index in [1.165, 1.54) is 18.3 Å². The number of rotatable bonds is 5. The van der Waals surface area contributed by atoms with Gasteiger partial charge in [0.1, 0.15) is 0 Å². The molecule has 2 aromatic carbocycles. The zero-order chi connectivity index (χ0) is 17.3. The topological polar surface area (TPSA) is 76.4 Å². The van der Waals surface area contributed by atoms with E-state index in [9.17, 15) is 18.3 Å². The van der Waals surface area contributed by atoms with Gasteiger partial charge in [0.05, 0.1) is 16.0 Å². The van der Waals surface area contributed by atoms with Crippen molar-refractivity contribution >= 4 is 26.9 Å². The fourth-order valence-corrected chi connectivity index (χ4v) is 4.29. The van der Waals surface area contributed by atoms with Crippen molar-refractivity contribution in [3.63, 3.8) is 0 Å². The second kappa shape index (κ2) is 6.13. The first kappa shape index (κ1) is 16.3. The molecular formula is C18H17NO4S. The number of nitrogens with zero attached hydrogens (tertiary/aromatic N) is 1. The normalized spacial score (nSPS) is 11.7. The van der Waals surface area contributed by atoms with E-state index in [2.05, 4.69) is 0 Å². The average molecular weight is 343 g/mol. The lowest BCUT2D eigenvalue weighted by Crippen LogP contribution is -2.12. The molecule has 124 valence electrons. The molecule has 6 heteroatoms. The molecule has 24 heavy (non-hydrogen) atoms. The Labute approximate surface area is 140 Å². The van der Waals surface area contributed by atoms with Gasteiger partial charge in [0.25, 0.3) is 10.0 Å². The van der Waals surface area contributed by atoms with E-state index in [4.69, 9.17) is 0 Å². The first-order valence-electron chi connectivity index (χ1n) is 7.63. The summed E-state index contributed by atoms with van der Waals surface area (Å²) in [6.07, 6.45) is 2.71. The maximum absolute atomic E-state index is 13.0. The fraction of sp³-hybridized carbons (Fsp3) is 0.167. The van der Waals surface area contributed by atoms with Crippen LogP contribution in [0.15, 0.2) is 59.6 Å². The number of carbonyl (C=O) groups is 1. The van der Waals surface area contributed by atoms with Crippen molar-refractivity contribution in [3.05, 3.63) is 65.9 Å². The van der Waals surface area contributed by atoms with Gasteiger partial charge in [-0.2, -0.15) is 0 Å². The van der Waals surface area contributed by atoms with Crippen LogP contribution >= 0.6 is 0 Å². The standard InChI is InChI=1S/C18H17NO4S/c1-2-7-13-8-6-11-15-16(18(20)21)12-19(17(13)15)24(22,23)14-9-4-3-5-10-14/h3-6,8-12H,2,7H2,1H3,(H,20,21). The summed E-state index contributed by atoms with van der Waals surface area (Å²) in [4.78, 5) is 11.7. The summed E-state index contributed by atoms with van der Waals surface area (Å²) in [7, 11) is -3.87. The van der Waals surface area contributed by atoms with Crippen LogP contribution in [-0.2, 0) is 16.4 Å². The van der Waals surface area contributed by atoms with Crippen LogP contribution in [0.4, 0.5) is 0 Å². The van der Waals surface area contributed by atoms with Crippen LogP contribution in [0.25, 0.3) is 10.9 Å².